The summed E-state index contributed by atoms with van der Waals surface area (Å²) >= 11 is 0. The maximum atomic E-state index is 10.2. The highest BCUT2D eigenvalue weighted by molar-refractivity contribution is 6.01. The maximum Gasteiger partial charge on any atom is 0.120 e. The zero-order chi connectivity index (χ0) is 16.9. The third-order valence-electron chi connectivity index (χ3n) is 4.40. The van der Waals surface area contributed by atoms with Crippen LogP contribution in [-0.4, -0.2) is 24.1 Å². The third kappa shape index (κ3) is 3.60. The van der Waals surface area contributed by atoms with Crippen LogP contribution in [0.5, 0.6) is 11.5 Å². The van der Waals surface area contributed by atoms with Gasteiger partial charge < -0.3 is 9.84 Å². The summed E-state index contributed by atoms with van der Waals surface area (Å²) in [5.41, 5.74) is 3.11. The molecule has 0 saturated heterocycles. The molecule has 0 spiro atoms. The zero-order valence-corrected chi connectivity index (χ0v) is 14.2. The molecule has 0 radical (unpaired) electrons. The molecule has 0 amide bonds. The average molecular weight is 324 g/mol. The smallest absolute Gasteiger partial charge is 0.120 e. The lowest BCUT2D eigenvalue weighted by molar-refractivity contribution is 0.391. The molecule has 24 heavy (non-hydrogen) atoms. The van der Waals surface area contributed by atoms with Crippen molar-refractivity contribution in [3.8, 4) is 11.5 Å². The number of phenols is 1. The van der Waals surface area contributed by atoms with Crippen molar-refractivity contribution in [3.63, 3.8) is 0 Å². The number of methoxy groups -OCH3 is 1. The molecule has 4 nitrogen and oxygen atoms in total. The Balaban J connectivity index is 1.90. The Kier molecular flexibility index (Phi) is 5.16. The molecule has 3 rings (SSSR count). The Bertz CT molecular complexity index is 710. The highest BCUT2D eigenvalue weighted by Gasteiger charge is 2.26. The van der Waals surface area contributed by atoms with Crippen LogP contribution in [-0.2, 0) is 0 Å². The predicted octanol–water partition coefficient (Wildman–Crippen LogP) is 4.05. The van der Waals surface area contributed by atoms with Gasteiger partial charge in [-0.05, 0) is 42.3 Å². The van der Waals surface area contributed by atoms with Gasteiger partial charge in [0.15, 0.2) is 0 Å². The highest BCUT2D eigenvalue weighted by Crippen LogP contribution is 2.31. The van der Waals surface area contributed by atoms with Crippen molar-refractivity contribution in [3.05, 3.63) is 59.7 Å². The van der Waals surface area contributed by atoms with Crippen molar-refractivity contribution in [1.82, 2.24) is 5.32 Å². The van der Waals surface area contributed by atoms with Gasteiger partial charge in [0.1, 0.15) is 17.7 Å². The normalized spacial score (nSPS) is 20.5. The van der Waals surface area contributed by atoms with Gasteiger partial charge in [-0.2, -0.15) is 0 Å². The van der Waals surface area contributed by atoms with Crippen molar-refractivity contribution in [2.24, 2.45) is 4.99 Å². The lowest BCUT2D eigenvalue weighted by atomic mass is 9.94. The van der Waals surface area contributed by atoms with E-state index in [1.54, 1.807) is 13.2 Å². The summed E-state index contributed by atoms with van der Waals surface area (Å²) in [7, 11) is 1.67. The van der Waals surface area contributed by atoms with Gasteiger partial charge in [-0.3, -0.25) is 10.3 Å². The number of nitrogens with one attached hydrogen (secondary N) is 1. The second kappa shape index (κ2) is 7.49. The molecule has 0 aromatic heterocycles. The molecule has 2 atom stereocenters. The summed E-state index contributed by atoms with van der Waals surface area (Å²) in [6.07, 6.45) is 2.86. The molecule has 0 saturated carbocycles. The van der Waals surface area contributed by atoms with Crippen molar-refractivity contribution in [1.29, 1.82) is 0 Å². The lowest BCUT2D eigenvalue weighted by Crippen LogP contribution is -2.38. The Labute approximate surface area is 143 Å². The van der Waals surface area contributed by atoms with Crippen molar-refractivity contribution in [2.75, 3.05) is 7.11 Å². The van der Waals surface area contributed by atoms with Crippen molar-refractivity contribution >= 4 is 5.71 Å². The van der Waals surface area contributed by atoms with Crippen LogP contribution in [0, 0.1) is 0 Å². The van der Waals surface area contributed by atoms with Gasteiger partial charge in [0.25, 0.3) is 0 Å². The Morgan fingerprint density at radius 3 is 2.58 bits per heavy atom. The first kappa shape index (κ1) is 16.5. The molecule has 2 aromatic carbocycles. The lowest BCUT2D eigenvalue weighted by Gasteiger charge is -2.30. The molecule has 2 N–H and O–H groups in total. The van der Waals surface area contributed by atoms with E-state index in [0.717, 1.165) is 41.9 Å². The standard InChI is InChI=1S/C20H24N2O2/c1-3-6-20-21-17(14-9-11-15(24-2)12-10-14)13-18(22-20)16-7-4-5-8-19(16)23/h4-5,7-12,18,20,22-23H,3,6,13H2,1-2H3/t18-,20+/m1/s1. The summed E-state index contributed by atoms with van der Waals surface area (Å²) in [4.78, 5) is 4.89. The molecular formula is C20H24N2O2. The maximum absolute atomic E-state index is 10.2. The molecule has 126 valence electrons. The molecule has 1 aliphatic heterocycles. The van der Waals surface area contributed by atoms with E-state index < -0.39 is 0 Å². The third-order valence-corrected chi connectivity index (χ3v) is 4.40. The van der Waals surface area contributed by atoms with Crippen LogP contribution < -0.4 is 10.1 Å². The van der Waals surface area contributed by atoms with Crippen molar-refractivity contribution < 1.29 is 9.84 Å². The first-order valence-corrected chi connectivity index (χ1v) is 8.46. The zero-order valence-electron chi connectivity index (χ0n) is 14.2. The van der Waals surface area contributed by atoms with E-state index in [1.807, 2.05) is 42.5 Å². The second-order valence-corrected chi connectivity index (χ2v) is 6.09. The number of phenolic OH excluding ortho intramolecular Hbond substituents is 1. The minimum absolute atomic E-state index is 0.0670. The number of para-hydroxylation sites is 1. The van der Waals surface area contributed by atoms with Gasteiger partial charge in [0.05, 0.1) is 7.11 Å². The van der Waals surface area contributed by atoms with E-state index in [1.165, 1.54) is 0 Å². The van der Waals surface area contributed by atoms with Crippen LogP contribution >= 0.6 is 0 Å². The number of aliphatic imine (C=N–C) groups is 1. The fourth-order valence-electron chi connectivity index (χ4n) is 3.14. The quantitative estimate of drug-likeness (QED) is 0.872. The molecule has 0 unspecified atom stereocenters. The van der Waals surface area contributed by atoms with Gasteiger partial charge >= 0.3 is 0 Å². The second-order valence-electron chi connectivity index (χ2n) is 6.09. The fraction of sp³-hybridized carbons (Fsp3) is 0.350. The van der Waals surface area contributed by atoms with Gasteiger partial charge in [-0.25, -0.2) is 0 Å². The molecule has 1 aliphatic rings. The van der Waals surface area contributed by atoms with Gasteiger partial charge in [0.2, 0.25) is 0 Å². The number of nitrogens with zero attached hydrogens (tertiary/aromatic N) is 1. The largest absolute Gasteiger partial charge is 0.508 e. The number of ether oxygens (including phenoxy) is 1. The number of hydrogen-bond acceptors (Lipinski definition) is 4. The summed E-state index contributed by atoms with van der Waals surface area (Å²) in [5.74, 6) is 1.18. The molecule has 0 aliphatic carbocycles. The highest BCUT2D eigenvalue weighted by atomic mass is 16.5. The van der Waals surface area contributed by atoms with E-state index in [2.05, 4.69) is 12.2 Å². The summed E-state index contributed by atoms with van der Waals surface area (Å²) in [6.45, 7) is 2.16. The minimum atomic E-state index is 0.0670. The fourth-order valence-corrected chi connectivity index (χ4v) is 3.14. The van der Waals surface area contributed by atoms with Gasteiger partial charge in [0, 0.05) is 23.7 Å². The molecule has 2 aromatic rings. The van der Waals surface area contributed by atoms with Crippen molar-refractivity contribution in [2.45, 2.75) is 38.4 Å². The summed E-state index contributed by atoms with van der Waals surface area (Å²) < 4.78 is 5.24. The van der Waals surface area contributed by atoms with Crippen LogP contribution in [0.15, 0.2) is 53.5 Å². The van der Waals surface area contributed by atoms with E-state index >= 15 is 0 Å². The summed E-state index contributed by atoms with van der Waals surface area (Å²) in [5, 5.41) is 13.8. The van der Waals surface area contributed by atoms with Gasteiger partial charge in [-0.15, -0.1) is 0 Å². The Morgan fingerprint density at radius 1 is 1.17 bits per heavy atom. The van der Waals surface area contributed by atoms with E-state index in [9.17, 15) is 5.11 Å². The molecule has 1 heterocycles. The minimum Gasteiger partial charge on any atom is -0.508 e. The number of aromatic hydroxyl groups is 1. The summed E-state index contributed by atoms with van der Waals surface area (Å²) in [6, 6.07) is 15.6. The average Bonchev–Trinajstić information content (AvgIpc) is 2.62. The van der Waals surface area contributed by atoms with Crippen LogP contribution in [0.1, 0.15) is 43.4 Å². The van der Waals surface area contributed by atoms with Crippen LogP contribution in [0.25, 0.3) is 0 Å². The van der Waals surface area contributed by atoms with Gasteiger partial charge in [-0.1, -0.05) is 31.5 Å². The number of benzene rings is 2. The number of hydrogen-bond donors (Lipinski definition) is 2. The van der Waals surface area contributed by atoms with E-state index in [0.29, 0.717) is 5.75 Å². The Hall–Kier alpha value is -2.33. The monoisotopic (exact) mass is 324 g/mol. The first-order valence-electron chi connectivity index (χ1n) is 8.46. The SMILES string of the molecule is CCC[C@H]1N=C(c2ccc(OC)cc2)C[C@H](c2ccccc2O)N1. The van der Waals surface area contributed by atoms with Crippen LogP contribution in [0.3, 0.4) is 0 Å². The topological polar surface area (TPSA) is 53.9 Å². The Morgan fingerprint density at radius 2 is 1.92 bits per heavy atom. The van der Waals surface area contributed by atoms with Crippen LogP contribution in [0.2, 0.25) is 0 Å². The number of rotatable bonds is 5. The molecule has 0 bridgehead atoms. The van der Waals surface area contributed by atoms with E-state index in [4.69, 9.17) is 9.73 Å². The van der Waals surface area contributed by atoms with E-state index in [-0.39, 0.29) is 12.2 Å². The molecule has 0 fully saturated rings. The predicted molar refractivity (Wildman–Crippen MR) is 96.8 cm³/mol. The van der Waals surface area contributed by atoms with Crippen LogP contribution in [0.4, 0.5) is 0 Å². The molecular weight excluding hydrogens is 300 g/mol. The first-order chi connectivity index (χ1) is 11.7. The molecule has 4 heteroatoms.